The number of ketones is 1. The van der Waals surface area contributed by atoms with Gasteiger partial charge in [-0.15, -0.1) is 11.8 Å². The van der Waals surface area contributed by atoms with Gasteiger partial charge in [0.05, 0.1) is 83.6 Å². The number of Topliss-reactive ketones (excluding diaryl/α,β-unsaturated/α-hetero) is 1. The van der Waals surface area contributed by atoms with E-state index in [0.29, 0.717) is 42.6 Å². The predicted octanol–water partition coefficient (Wildman–Crippen LogP) is 10.7. The molecule has 1 saturated heterocycles. The maximum atomic E-state index is 14.9. The first kappa shape index (κ1) is 102. The van der Waals surface area contributed by atoms with Gasteiger partial charge < -0.3 is 76.8 Å². The third-order valence-corrected chi connectivity index (χ3v) is 25.5. The van der Waals surface area contributed by atoms with Crippen LogP contribution in [0.25, 0.3) is 0 Å². The molecule has 1 heterocycles. The van der Waals surface area contributed by atoms with E-state index in [4.69, 9.17) is 24.7 Å². The summed E-state index contributed by atoms with van der Waals surface area (Å²) in [6, 6.07) is 28.6. The van der Waals surface area contributed by atoms with Gasteiger partial charge in [-0.1, -0.05) is 159 Å². The number of likely N-dealkylation sites (N-methyl/N-ethyl adjacent to an activating group) is 2. The van der Waals surface area contributed by atoms with Gasteiger partial charge in [-0.25, -0.2) is 18.0 Å². The Kier molecular flexibility index (Phi) is 39.3. The molecule has 0 bridgehead atoms. The van der Waals surface area contributed by atoms with E-state index in [1.54, 1.807) is 148 Å². The average Bonchev–Trinajstić information content (AvgIpc) is 1.74. The number of thioether (sulfide) groups is 1. The van der Waals surface area contributed by atoms with Crippen LogP contribution in [0.15, 0.2) is 137 Å². The molecule has 676 valence electrons. The van der Waals surface area contributed by atoms with Gasteiger partial charge in [-0.3, -0.25) is 48.1 Å². The Labute approximate surface area is 731 Å². The normalized spacial score (nSPS) is 16.1. The molecule has 1 fully saturated rings. The molecule has 0 radical (unpaired) electrons. The van der Waals surface area contributed by atoms with Crippen molar-refractivity contribution in [1.82, 2.24) is 46.6 Å². The molecule has 13 atom stereocenters. The van der Waals surface area contributed by atoms with E-state index in [1.165, 1.54) is 74.3 Å². The third-order valence-electron chi connectivity index (χ3n) is 22.5. The maximum Gasteiger partial charge on any atom is 0.410 e. The van der Waals surface area contributed by atoms with E-state index in [-0.39, 0.29) is 90.7 Å². The number of carbonyl (C=O) groups excluding carboxylic acids is 11. The highest BCUT2D eigenvalue weighted by Crippen LogP contribution is 2.33. The third kappa shape index (κ3) is 30.6. The van der Waals surface area contributed by atoms with Crippen molar-refractivity contribution in [2.45, 2.75) is 244 Å². The number of anilines is 1. The molecular formula is C92H133N11O18S2. The number of aliphatic hydroxyl groups excluding tert-OH is 1. The number of methoxy groups -OCH3 is 2. The molecule has 0 aliphatic carbocycles. The van der Waals surface area contributed by atoms with E-state index in [2.05, 4.69) is 37.2 Å². The lowest BCUT2D eigenvalue weighted by molar-refractivity contribution is -0.148. The lowest BCUT2D eigenvalue weighted by atomic mass is 9.89. The first-order valence-corrected chi connectivity index (χ1v) is 44.9. The zero-order chi connectivity index (χ0) is 91.5. The second-order valence-electron chi connectivity index (χ2n) is 34.7. The van der Waals surface area contributed by atoms with Crippen LogP contribution in [-0.4, -0.2) is 219 Å². The molecule has 13 unspecified atom stereocenters. The number of nitrogens with two attached hydrogens (primary N) is 1. The monoisotopic (exact) mass is 1740 g/mol. The number of benzene rings is 5. The number of urea groups is 1. The summed E-state index contributed by atoms with van der Waals surface area (Å²) in [7, 11) is 2.19. The highest BCUT2D eigenvalue weighted by molar-refractivity contribution is 7.99. The SMILES string of the molecule is CCC(C)C(C(CC(=O)N1CCCC1C(OC)C(C)C(=O)NC(C)C(O)c1ccccc1)OC)N(C)C(=O)C(NC(=O)C(C(C)C)N(C)C(=O)OCc1ccc(NC(=O)C(CCCNC(N)=O)NC(=O)C(NC(=O)CC(C)(C)OCC(C)(C)NC(=O)c2ccc(C(=O)C(CSc3ccc(C)cc3)CS(=O)(=O)c3ccc(C)cc3)cc2)C(C)C)cc1)C(C)C. The summed E-state index contributed by atoms with van der Waals surface area (Å²) in [6.45, 7) is 28.8. The second kappa shape index (κ2) is 47.3. The minimum atomic E-state index is -3.86. The molecule has 0 aromatic heterocycles. The van der Waals surface area contributed by atoms with Crippen LogP contribution >= 0.6 is 11.8 Å². The smallest absolute Gasteiger partial charge is 0.410 e. The van der Waals surface area contributed by atoms with Crippen molar-refractivity contribution in [3.63, 3.8) is 0 Å². The summed E-state index contributed by atoms with van der Waals surface area (Å²) in [5.74, 6) is -7.79. The Morgan fingerprint density at radius 1 is 0.683 bits per heavy atom. The van der Waals surface area contributed by atoms with Gasteiger partial charge in [-0.2, -0.15) is 0 Å². The van der Waals surface area contributed by atoms with Gasteiger partial charge in [0.2, 0.25) is 41.4 Å². The number of nitrogens with zero attached hydrogens (tertiary/aromatic N) is 3. The quantitative estimate of drug-likeness (QED) is 0.00992. The van der Waals surface area contributed by atoms with E-state index >= 15 is 0 Å². The number of hydrogen-bond acceptors (Lipinski definition) is 19. The number of hydrogen-bond donors (Lipinski definition) is 9. The van der Waals surface area contributed by atoms with Gasteiger partial charge >= 0.3 is 12.1 Å². The van der Waals surface area contributed by atoms with Crippen LogP contribution in [0.2, 0.25) is 0 Å². The fraction of sp³-hybridized carbons (Fsp3) is 0.554. The van der Waals surface area contributed by atoms with Crippen LogP contribution in [0, 0.1) is 49.4 Å². The Balaban J connectivity index is 1.02. The zero-order valence-corrected chi connectivity index (χ0v) is 76.8. The van der Waals surface area contributed by atoms with Crippen LogP contribution in [0.4, 0.5) is 15.3 Å². The van der Waals surface area contributed by atoms with E-state index < -0.39 is 164 Å². The Morgan fingerprint density at radius 2 is 1.28 bits per heavy atom. The largest absolute Gasteiger partial charge is 0.445 e. The van der Waals surface area contributed by atoms with Gasteiger partial charge in [0, 0.05) is 74.8 Å². The highest BCUT2D eigenvalue weighted by atomic mass is 32.2. The van der Waals surface area contributed by atoms with E-state index in [9.17, 15) is 66.3 Å². The molecule has 0 saturated carbocycles. The van der Waals surface area contributed by atoms with Crippen molar-refractivity contribution in [2.24, 2.45) is 41.2 Å². The molecule has 1 aliphatic rings. The fourth-order valence-electron chi connectivity index (χ4n) is 15.0. The number of aliphatic hydroxyl groups is 1. The number of primary amides is 1. The van der Waals surface area contributed by atoms with Crippen LogP contribution in [0.1, 0.15) is 191 Å². The Bertz CT molecular complexity index is 4460. The topological polar surface area (TPSA) is 399 Å². The fourth-order valence-corrected chi connectivity index (χ4v) is 17.7. The zero-order valence-electron chi connectivity index (χ0n) is 75.2. The van der Waals surface area contributed by atoms with Crippen LogP contribution in [0.3, 0.4) is 0 Å². The van der Waals surface area contributed by atoms with Gasteiger partial charge in [0.25, 0.3) is 5.91 Å². The Morgan fingerprint density at radius 3 is 1.85 bits per heavy atom. The van der Waals surface area contributed by atoms with Crippen molar-refractivity contribution in [2.75, 3.05) is 64.8 Å². The number of aryl methyl sites for hydroxylation is 2. The van der Waals surface area contributed by atoms with Crippen LogP contribution in [0.5, 0.6) is 0 Å². The van der Waals surface area contributed by atoms with E-state index in [0.717, 1.165) is 16.0 Å². The average molecular weight is 1750 g/mol. The number of rotatable bonds is 47. The number of sulfone groups is 1. The molecule has 6 rings (SSSR count). The van der Waals surface area contributed by atoms with Crippen molar-refractivity contribution in [1.29, 1.82) is 0 Å². The molecule has 11 amide bonds. The molecule has 123 heavy (non-hydrogen) atoms. The minimum absolute atomic E-state index is 0.0279. The lowest BCUT2D eigenvalue weighted by Crippen LogP contribution is -2.60. The van der Waals surface area contributed by atoms with Crippen molar-refractivity contribution < 1.29 is 85.2 Å². The Hall–Kier alpha value is -9.79. The first-order chi connectivity index (χ1) is 57.8. The van der Waals surface area contributed by atoms with Gasteiger partial charge in [0.1, 0.15) is 30.8 Å². The molecule has 0 spiro atoms. The second-order valence-corrected chi connectivity index (χ2v) is 37.8. The molecule has 31 heteroatoms. The minimum Gasteiger partial charge on any atom is -0.445 e. The summed E-state index contributed by atoms with van der Waals surface area (Å²) in [5, 5.41) is 30.7. The number of amides is 11. The molecule has 5 aromatic rings. The molecule has 10 N–H and O–H groups in total. The number of carbonyl (C=O) groups is 11. The maximum absolute atomic E-state index is 14.9. The number of likely N-dealkylation sites (tertiary alicyclic amines) is 1. The van der Waals surface area contributed by atoms with Crippen LogP contribution < -0.4 is 43.0 Å². The summed E-state index contributed by atoms with van der Waals surface area (Å²) in [4.78, 5) is 159. The first-order valence-electron chi connectivity index (χ1n) is 42.3. The molecule has 29 nitrogen and oxygen atoms in total. The summed E-state index contributed by atoms with van der Waals surface area (Å²) in [5.41, 5.74) is 7.06. The van der Waals surface area contributed by atoms with Crippen molar-refractivity contribution in [3.05, 3.63) is 161 Å². The van der Waals surface area contributed by atoms with Crippen molar-refractivity contribution >= 4 is 92.5 Å². The molecule has 5 aromatic carbocycles. The van der Waals surface area contributed by atoms with E-state index in [1.807, 2.05) is 70.2 Å². The summed E-state index contributed by atoms with van der Waals surface area (Å²) in [6.07, 6.45) is -1.53. The number of nitrogens with one attached hydrogen (secondary N) is 7. The van der Waals surface area contributed by atoms with Gasteiger partial charge in [-0.05, 0) is 157 Å². The molecular weight excluding hydrogens is 1610 g/mol. The lowest BCUT2D eigenvalue weighted by Gasteiger charge is -2.41. The van der Waals surface area contributed by atoms with Gasteiger partial charge in [0.15, 0.2) is 15.6 Å². The molecule has 1 aliphatic heterocycles. The van der Waals surface area contributed by atoms with Crippen molar-refractivity contribution in [3.8, 4) is 0 Å². The predicted molar refractivity (Wildman–Crippen MR) is 475 cm³/mol. The standard InChI is InChI=1S/C92H133N11O18S2/c1-21-60(10)79(73(118-19)49-75(105)103-48-26-30-72(103)82(119-20)61(11)83(108)95-62(12)80(106)64-27-23-22-24-28-64)101(17)88(113)77(56(4)5)99-87(112)78(57(6)7)102(18)90(115)120-51-63-35-41-68(42-36-63)96-85(110)71(29-25-47-94-89(93)114)97-86(111)76(55(2)3)98-74(104)50-92(15,16)121-54-91(13,14)100-84(109)66-39-37-65(38-40-66)81(107)67(52-122-69-43-31-58(8)32-44-69)53-123(116,117)70-45-33-59(9)34-46-70/h22-24,27-28,31-46,55-57,60-62,67,71-73,76-80,82,106H,21,25-26,29-30,47-54H2,1-20H3,(H,95,108)(H,96,110)(H,97,111)(H,98,104)(H,99,112)(H,100,109)(H3,93,94,114). The van der Waals surface area contributed by atoms with Crippen LogP contribution in [-0.2, 0) is 69.0 Å². The highest BCUT2D eigenvalue weighted by Gasteiger charge is 2.45. The summed E-state index contributed by atoms with van der Waals surface area (Å²) >= 11 is 1.39. The number of ether oxygens (including phenoxy) is 4. The summed E-state index contributed by atoms with van der Waals surface area (Å²) < 4.78 is 51.5.